The molecule has 4 rings (SSSR count). The van der Waals surface area contributed by atoms with Gasteiger partial charge in [-0.25, -0.2) is 9.37 Å². The van der Waals surface area contributed by atoms with Crippen LogP contribution in [-0.2, 0) is 0 Å². The van der Waals surface area contributed by atoms with Gasteiger partial charge in [0.1, 0.15) is 11.5 Å². The van der Waals surface area contributed by atoms with Crippen molar-refractivity contribution in [2.45, 2.75) is 19.8 Å². The van der Waals surface area contributed by atoms with Gasteiger partial charge in [0.25, 0.3) is 0 Å². The number of halogens is 2. The lowest BCUT2D eigenvalue weighted by Crippen LogP contribution is -1.99. The molecule has 0 saturated heterocycles. The molecule has 6 heteroatoms. The van der Waals surface area contributed by atoms with Crippen molar-refractivity contribution >= 4 is 28.2 Å². The van der Waals surface area contributed by atoms with E-state index in [-0.39, 0.29) is 16.8 Å². The molecule has 116 valence electrons. The van der Waals surface area contributed by atoms with Gasteiger partial charge in [-0.05, 0) is 18.1 Å². The van der Waals surface area contributed by atoms with Crippen molar-refractivity contribution < 1.29 is 4.39 Å². The quantitative estimate of drug-likeness (QED) is 0.575. The highest BCUT2D eigenvalue weighted by Crippen LogP contribution is 2.41. The number of H-pyrrole nitrogens is 1. The Bertz CT molecular complexity index is 1030. The second-order valence-corrected chi connectivity index (χ2v) is 6.22. The summed E-state index contributed by atoms with van der Waals surface area (Å²) in [5.74, 6) is -0.389. The van der Waals surface area contributed by atoms with Crippen LogP contribution in [0.2, 0.25) is 5.02 Å². The van der Waals surface area contributed by atoms with Crippen LogP contribution in [0, 0.1) is 5.82 Å². The molecule has 4 nitrogen and oxygen atoms in total. The average molecular weight is 329 g/mol. The van der Waals surface area contributed by atoms with E-state index in [1.54, 1.807) is 12.4 Å². The van der Waals surface area contributed by atoms with Gasteiger partial charge in [-0.3, -0.25) is 5.10 Å². The molecular weight excluding hydrogens is 315 g/mol. The number of pyridine rings is 1. The Morgan fingerprint density at radius 2 is 2.13 bits per heavy atom. The predicted molar refractivity (Wildman–Crippen MR) is 89.3 cm³/mol. The van der Waals surface area contributed by atoms with Gasteiger partial charge in [-0.2, -0.15) is 5.10 Å². The lowest BCUT2D eigenvalue weighted by atomic mass is 9.94. The highest BCUT2D eigenvalue weighted by molar-refractivity contribution is 6.35. The largest absolute Gasteiger partial charge is 0.306 e. The Hall–Kier alpha value is -2.40. The first kappa shape index (κ1) is 14.2. The van der Waals surface area contributed by atoms with Crippen LogP contribution >= 0.6 is 11.6 Å². The van der Waals surface area contributed by atoms with Gasteiger partial charge < -0.3 is 4.40 Å². The molecule has 0 fully saturated rings. The highest BCUT2D eigenvalue weighted by atomic mass is 35.5. The molecule has 0 aliphatic carbocycles. The first-order valence-electron chi connectivity index (χ1n) is 7.35. The van der Waals surface area contributed by atoms with Gasteiger partial charge in [0.05, 0.1) is 16.7 Å². The van der Waals surface area contributed by atoms with E-state index in [0.29, 0.717) is 16.6 Å². The lowest BCUT2D eigenvalue weighted by Gasteiger charge is -2.14. The minimum atomic E-state index is -0.390. The normalized spacial score (nSPS) is 11.9. The molecular formula is C17H14ClFN4. The number of imidazole rings is 1. The number of hydrogen-bond donors (Lipinski definition) is 1. The third-order valence-electron chi connectivity index (χ3n) is 4.08. The zero-order chi connectivity index (χ0) is 16.1. The van der Waals surface area contributed by atoms with E-state index in [9.17, 15) is 4.39 Å². The maximum atomic E-state index is 14.9. The zero-order valence-electron chi connectivity index (χ0n) is 12.6. The van der Waals surface area contributed by atoms with Crippen molar-refractivity contribution in [3.05, 3.63) is 53.3 Å². The molecule has 0 spiro atoms. The van der Waals surface area contributed by atoms with Gasteiger partial charge in [-0.1, -0.05) is 25.4 Å². The molecule has 3 heterocycles. The predicted octanol–water partition coefficient (Wildman–Crippen LogP) is 4.79. The van der Waals surface area contributed by atoms with Crippen molar-refractivity contribution in [1.29, 1.82) is 0 Å². The maximum Gasteiger partial charge on any atom is 0.148 e. The van der Waals surface area contributed by atoms with Crippen LogP contribution in [0.4, 0.5) is 4.39 Å². The number of nitrogens with one attached hydrogen (secondary N) is 1. The van der Waals surface area contributed by atoms with Gasteiger partial charge in [-0.15, -0.1) is 0 Å². The van der Waals surface area contributed by atoms with Gasteiger partial charge >= 0.3 is 0 Å². The number of aromatic nitrogens is 4. The summed E-state index contributed by atoms with van der Waals surface area (Å²) in [6.45, 7) is 3.87. The summed E-state index contributed by atoms with van der Waals surface area (Å²) in [6, 6.07) is 3.77. The van der Waals surface area contributed by atoms with Crippen LogP contribution in [0.1, 0.15) is 25.3 Å². The molecule has 0 amide bonds. The van der Waals surface area contributed by atoms with E-state index < -0.39 is 0 Å². The summed E-state index contributed by atoms with van der Waals surface area (Å²) < 4.78 is 16.7. The van der Waals surface area contributed by atoms with E-state index in [1.807, 2.05) is 42.8 Å². The van der Waals surface area contributed by atoms with E-state index in [0.717, 1.165) is 16.6 Å². The zero-order valence-corrected chi connectivity index (χ0v) is 13.4. The first-order chi connectivity index (χ1) is 11.1. The molecule has 1 N–H and O–H groups in total. The van der Waals surface area contributed by atoms with E-state index in [1.165, 1.54) is 0 Å². The third-order valence-corrected chi connectivity index (χ3v) is 4.44. The summed E-state index contributed by atoms with van der Waals surface area (Å²) in [7, 11) is 0. The maximum absolute atomic E-state index is 14.9. The molecule has 0 unspecified atom stereocenters. The number of hydrogen-bond acceptors (Lipinski definition) is 2. The number of aromatic amines is 1. The smallest absolute Gasteiger partial charge is 0.148 e. The summed E-state index contributed by atoms with van der Waals surface area (Å²) in [5.41, 5.74) is 3.55. The van der Waals surface area contributed by atoms with Crippen molar-refractivity contribution in [3.63, 3.8) is 0 Å². The van der Waals surface area contributed by atoms with E-state index in [2.05, 4.69) is 15.2 Å². The second-order valence-electron chi connectivity index (χ2n) is 5.84. The molecule has 0 radical (unpaired) electrons. The van der Waals surface area contributed by atoms with Gasteiger partial charge in [0.2, 0.25) is 0 Å². The van der Waals surface area contributed by atoms with Crippen molar-refractivity contribution in [1.82, 2.24) is 19.6 Å². The van der Waals surface area contributed by atoms with Crippen LogP contribution in [0.3, 0.4) is 0 Å². The van der Waals surface area contributed by atoms with Crippen LogP contribution < -0.4 is 0 Å². The average Bonchev–Trinajstić information content (AvgIpc) is 3.16. The van der Waals surface area contributed by atoms with Crippen LogP contribution in [-0.4, -0.2) is 19.6 Å². The fraction of sp³-hybridized carbons (Fsp3) is 0.176. The molecule has 23 heavy (non-hydrogen) atoms. The second kappa shape index (κ2) is 5.06. The van der Waals surface area contributed by atoms with Crippen LogP contribution in [0.25, 0.3) is 27.7 Å². The Morgan fingerprint density at radius 1 is 1.30 bits per heavy atom. The standard InChI is InChI=1S/C17H14ClFN4/c1-9(2)13-16(19)15(18)14(11-7-21-22-17(11)13)10-3-4-12-20-5-6-23(12)8-10/h3-9H,1-2H3,(H,21,22). The molecule has 0 aliphatic rings. The number of benzene rings is 1. The number of rotatable bonds is 2. The molecule has 0 saturated carbocycles. The molecule has 4 aromatic rings. The molecule has 0 atom stereocenters. The lowest BCUT2D eigenvalue weighted by molar-refractivity contribution is 0.602. The Labute approximate surface area is 136 Å². The van der Waals surface area contributed by atoms with Crippen LogP contribution in [0.5, 0.6) is 0 Å². The fourth-order valence-electron chi connectivity index (χ4n) is 3.03. The topological polar surface area (TPSA) is 46.0 Å². The van der Waals surface area contributed by atoms with Gasteiger partial charge in [0, 0.05) is 40.7 Å². The summed E-state index contributed by atoms with van der Waals surface area (Å²) in [5, 5.41) is 7.95. The molecule has 1 aromatic carbocycles. The van der Waals surface area contributed by atoms with E-state index >= 15 is 0 Å². The van der Waals surface area contributed by atoms with Crippen molar-refractivity contribution in [2.24, 2.45) is 0 Å². The van der Waals surface area contributed by atoms with Crippen molar-refractivity contribution in [2.75, 3.05) is 0 Å². The Balaban J connectivity index is 2.09. The monoisotopic (exact) mass is 328 g/mol. The first-order valence-corrected chi connectivity index (χ1v) is 7.72. The van der Waals surface area contributed by atoms with Gasteiger partial charge in [0.15, 0.2) is 0 Å². The molecule has 3 aromatic heterocycles. The summed E-state index contributed by atoms with van der Waals surface area (Å²) in [6.07, 6.45) is 7.15. The Morgan fingerprint density at radius 3 is 2.91 bits per heavy atom. The SMILES string of the molecule is CC(C)c1c(F)c(Cl)c(-c2ccc3nccn3c2)c2cn[nH]c12. The fourth-order valence-corrected chi connectivity index (χ4v) is 3.34. The molecule has 0 aliphatic heterocycles. The third kappa shape index (κ3) is 2.04. The summed E-state index contributed by atoms with van der Waals surface area (Å²) >= 11 is 6.40. The van der Waals surface area contributed by atoms with Crippen LogP contribution in [0.15, 0.2) is 36.9 Å². The number of fused-ring (bicyclic) bond motifs is 2. The summed E-state index contributed by atoms with van der Waals surface area (Å²) in [4.78, 5) is 4.22. The minimum Gasteiger partial charge on any atom is -0.306 e. The molecule has 0 bridgehead atoms. The van der Waals surface area contributed by atoms with E-state index in [4.69, 9.17) is 11.6 Å². The highest BCUT2D eigenvalue weighted by Gasteiger charge is 2.22. The minimum absolute atomic E-state index is 0.000582. The Kier molecular flexibility index (Phi) is 3.13. The number of nitrogens with zero attached hydrogens (tertiary/aromatic N) is 3. The van der Waals surface area contributed by atoms with Crippen molar-refractivity contribution in [3.8, 4) is 11.1 Å².